The number of likely N-dealkylation sites (N-methyl/N-ethyl adjacent to an activating group) is 1. The monoisotopic (exact) mass is 212 g/mol. The van der Waals surface area contributed by atoms with Crippen LogP contribution in [0.4, 0.5) is 0 Å². The summed E-state index contributed by atoms with van der Waals surface area (Å²) in [5.74, 6) is 0.160. The molecule has 0 saturated heterocycles. The van der Waals surface area contributed by atoms with Gasteiger partial charge in [-0.3, -0.25) is 4.79 Å². The Bertz CT molecular complexity index is 208. The molecule has 0 heterocycles. The highest BCUT2D eigenvalue weighted by Crippen LogP contribution is 2.04. The van der Waals surface area contributed by atoms with Crippen LogP contribution in [0.15, 0.2) is 11.6 Å². The second kappa shape index (κ2) is 8.48. The summed E-state index contributed by atoms with van der Waals surface area (Å²) in [5, 5.41) is 0. The van der Waals surface area contributed by atoms with Crippen molar-refractivity contribution in [1.82, 2.24) is 4.90 Å². The highest BCUT2D eigenvalue weighted by atomic mass is 16.2. The predicted octanol–water partition coefficient (Wildman–Crippen LogP) is 1.93. The summed E-state index contributed by atoms with van der Waals surface area (Å²) in [6.07, 6.45) is 5.08. The van der Waals surface area contributed by atoms with Crippen LogP contribution in [-0.2, 0) is 4.79 Å². The van der Waals surface area contributed by atoms with Gasteiger partial charge in [0.1, 0.15) is 0 Å². The second-order valence-corrected chi connectivity index (χ2v) is 3.65. The SMILES string of the molecule is CCN(CC)C(=O)C(C)=CCCCCN. The number of rotatable bonds is 7. The number of carbonyl (C=O) groups is 1. The summed E-state index contributed by atoms with van der Waals surface area (Å²) in [6.45, 7) is 8.19. The Morgan fingerprint density at radius 2 is 1.87 bits per heavy atom. The molecule has 0 fully saturated rings. The number of hydrogen-bond acceptors (Lipinski definition) is 2. The van der Waals surface area contributed by atoms with Crippen LogP contribution >= 0.6 is 0 Å². The van der Waals surface area contributed by atoms with E-state index < -0.39 is 0 Å². The molecule has 0 aliphatic heterocycles. The van der Waals surface area contributed by atoms with Gasteiger partial charge in [-0.25, -0.2) is 0 Å². The number of unbranched alkanes of at least 4 members (excludes halogenated alkanes) is 2. The third-order valence-electron chi connectivity index (χ3n) is 2.50. The van der Waals surface area contributed by atoms with E-state index in [0.717, 1.165) is 44.5 Å². The third-order valence-corrected chi connectivity index (χ3v) is 2.50. The number of carbonyl (C=O) groups excluding carboxylic acids is 1. The molecule has 0 rings (SSSR count). The van der Waals surface area contributed by atoms with Crippen molar-refractivity contribution in [2.24, 2.45) is 5.73 Å². The molecular formula is C12H24N2O. The Morgan fingerprint density at radius 3 is 2.33 bits per heavy atom. The minimum atomic E-state index is 0.160. The minimum Gasteiger partial charge on any atom is -0.340 e. The fourth-order valence-electron chi connectivity index (χ4n) is 1.45. The number of allylic oxidation sites excluding steroid dienone is 1. The fraction of sp³-hybridized carbons (Fsp3) is 0.750. The molecule has 0 bridgehead atoms. The number of nitrogens with zero attached hydrogens (tertiary/aromatic N) is 1. The molecule has 0 aliphatic rings. The second-order valence-electron chi connectivity index (χ2n) is 3.65. The highest BCUT2D eigenvalue weighted by molar-refractivity contribution is 5.92. The first-order chi connectivity index (χ1) is 7.17. The van der Waals surface area contributed by atoms with Crippen LogP contribution in [0.1, 0.15) is 40.0 Å². The Morgan fingerprint density at radius 1 is 1.27 bits per heavy atom. The summed E-state index contributed by atoms with van der Waals surface area (Å²) in [4.78, 5) is 13.6. The topological polar surface area (TPSA) is 46.3 Å². The average Bonchev–Trinajstić information content (AvgIpc) is 2.25. The summed E-state index contributed by atoms with van der Waals surface area (Å²) in [7, 11) is 0. The van der Waals surface area contributed by atoms with Gasteiger partial charge in [0.05, 0.1) is 0 Å². The lowest BCUT2D eigenvalue weighted by atomic mass is 10.1. The van der Waals surface area contributed by atoms with Gasteiger partial charge >= 0.3 is 0 Å². The summed E-state index contributed by atoms with van der Waals surface area (Å²) >= 11 is 0. The van der Waals surface area contributed by atoms with Gasteiger partial charge in [0.25, 0.3) is 0 Å². The Balaban J connectivity index is 4.05. The van der Waals surface area contributed by atoms with Gasteiger partial charge in [-0.1, -0.05) is 6.08 Å². The lowest BCUT2D eigenvalue weighted by Crippen LogP contribution is -2.31. The third kappa shape index (κ3) is 5.57. The molecule has 0 aromatic carbocycles. The molecule has 0 aliphatic carbocycles. The van der Waals surface area contributed by atoms with Crippen molar-refractivity contribution in [2.75, 3.05) is 19.6 Å². The maximum Gasteiger partial charge on any atom is 0.249 e. The average molecular weight is 212 g/mol. The van der Waals surface area contributed by atoms with Gasteiger partial charge < -0.3 is 10.6 Å². The van der Waals surface area contributed by atoms with Crippen LogP contribution in [0.5, 0.6) is 0 Å². The largest absolute Gasteiger partial charge is 0.340 e. The molecule has 3 heteroatoms. The Labute approximate surface area is 93.3 Å². The number of hydrogen-bond donors (Lipinski definition) is 1. The van der Waals surface area contributed by atoms with E-state index in [2.05, 4.69) is 0 Å². The van der Waals surface area contributed by atoms with Gasteiger partial charge in [-0.05, 0) is 46.6 Å². The molecule has 0 saturated carbocycles. The van der Waals surface area contributed by atoms with E-state index in [4.69, 9.17) is 5.73 Å². The predicted molar refractivity (Wildman–Crippen MR) is 64.6 cm³/mol. The first kappa shape index (κ1) is 14.2. The molecule has 1 amide bonds. The van der Waals surface area contributed by atoms with Crippen LogP contribution in [-0.4, -0.2) is 30.4 Å². The maximum atomic E-state index is 11.8. The maximum absolute atomic E-state index is 11.8. The van der Waals surface area contributed by atoms with Crippen molar-refractivity contribution in [3.8, 4) is 0 Å². The van der Waals surface area contributed by atoms with Crippen molar-refractivity contribution < 1.29 is 4.79 Å². The van der Waals surface area contributed by atoms with Crippen LogP contribution < -0.4 is 5.73 Å². The van der Waals surface area contributed by atoms with Crippen LogP contribution in [0.2, 0.25) is 0 Å². The first-order valence-electron chi connectivity index (χ1n) is 5.83. The van der Waals surface area contributed by atoms with Gasteiger partial charge in [0.2, 0.25) is 5.91 Å². The van der Waals surface area contributed by atoms with Crippen LogP contribution in [0.25, 0.3) is 0 Å². The molecule has 2 N–H and O–H groups in total. The van der Waals surface area contributed by atoms with Gasteiger partial charge in [-0.2, -0.15) is 0 Å². The van der Waals surface area contributed by atoms with Crippen LogP contribution in [0.3, 0.4) is 0 Å². The van der Waals surface area contributed by atoms with E-state index in [1.165, 1.54) is 0 Å². The Hall–Kier alpha value is -0.830. The fourth-order valence-corrected chi connectivity index (χ4v) is 1.45. The van der Waals surface area contributed by atoms with Crippen molar-refractivity contribution in [3.05, 3.63) is 11.6 Å². The van der Waals surface area contributed by atoms with Gasteiger partial charge in [-0.15, -0.1) is 0 Å². The van der Waals surface area contributed by atoms with Gasteiger partial charge in [0.15, 0.2) is 0 Å². The smallest absolute Gasteiger partial charge is 0.249 e. The van der Waals surface area contributed by atoms with E-state index >= 15 is 0 Å². The van der Waals surface area contributed by atoms with E-state index in [-0.39, 0.29) is 5.91 Å². The van der Waals surface area contributed by atoms with E-state index in [0.29, 0.717) is 0 Å². The quantitative estimate of drug-likeness (QED) is 0.518. The Kier molecular flexibility index (Phi) is 8.01. The zero-order valence-corrected chi connectivity index (χ0v) is 10.3. The van der Waals surface area contributed by atoms with E-state index in [9.17, 15) is 4.79 Å². The van der Waals surface area contributed by atoms with E-state index in [1.54, 1.807) is 0 Å². The molecule has 0 aromatic heterocycles. The zero-order valence-electron chi connectivity index (χ0n) is 10.3. The molecule has 0 spiro atoms. The van der Waals surface area contributed by atoms with Crippen molar-refractivity contribution in [1.29, 1.82) is 0 Å². The molecule has 0 unspecified atom stereocenters. The molecule has 15 heavy (non-hydrogen) atoms. The number of nitrogens with two attached hydrogens (primary N) is 1. The van der Waals surface area contributed by atoms with E-state index in [1.807, 2.05) is 31.7 Å². The number of amides is 1. The zero-order chi connectivity index (χ0) is 11.7. The summed E-state index contributed by atoms with van der Waals surface area (Å²) < 4.78 is 0. The minimum absolute atomic E-state index is 0.160. The molecule has 0 atom stereocenters. The summed E-state index contributed by atoms with van der Waals surface area (Å²) in [5.41, 5.74) is 6.26. The highest BCUT2D eigenvalue weighted by Gasteiger charge is 2.10. The molecule has 3 nitrogen and oxygen atoms in total. The van der Waals surface area contributed by atoms with Crippen LogP contribution in [0, 0.1) is 0 Å². The lowest BCUT2D eigenvalue weighted by molar-refractivity contribution is -0.126. The molecule has 0 radical (unpaired) electrons. The standard InChI is InChI=1S/C12H24N2O/c1-4-14(5-2)12(15)11(3)9-7-6-8-10-13/h9H,4-8,10,13H2,1-3H3. The molecule has 0 aromatic rings. The lowest BCUT2D eigenvalue weighted by Gasteiger charge is -2.18. The summed E-state index contributed by atoms with van der Waals surface area (Å²) in [6, 6.07) is 0. The first-order valence-corrected chi connectivity index (χ1v) is 5.83. The molecule has 88 valence electrons. The molecular weight excluding hydrogens is 188 g/mol. The van der Waals surface area contributed by atoms with Crippen molar-refractivity contribution in [3.63, 3.8) is 0 Å². The van der Waals surface area contributed by atoms with Crippen molar-refractivity contribution in [2.45, 2.75) is 40.0 Å². The normalized spacial score (nSPS) is 11.6. The van der Waals surface area contributed by atoms with Gasteiger partial charge in [0, 0.05) is 18.7 Å². The van der Waals surface area contributed by atoms with Crippen molar-refractivity contribution >= 4 is 5.91 Å².